The van der Waals surface area contributed by atoms with Gasteiger partial charge in [0.25, 0.3) is 0 Å². The lowest BCUT2D eigenvalue weighted by atomic mass is 9.91. The number of likely N-dealkylation sites (N-methyl/N-ethyl adjacent to an activating group) is 7. The number of rotatable bonds is 17. The zero-order valence-corrected chi connectivity index (χ0v) is 58.8. The molecule has 0 saturated carbocycles. The number of ether oxygens (including phenoxy) is 1. The summed E-state index contributed by atoms with van der Waals surface area (Å²) >= 11 is 6.02. The number of alkyl halides is 1. The summed E-state index contributed by atoms with van der Waals surface area (Å²) in [5.41, 5.74) is 0. The number of hydrogen-bond donors (Lipinski definition) is 4. The van der Waals surface area contributed by atoms with Gasteiger partial charge in [0.1, 0.15) is 72.4 Å². The van der Waals surface area contributed by atoms with Gasteiger partial charge in [0.15, 0.2) is 0 Å². The van der Waals surface area contributed by atoms with Crippen LogP contribution >= 0.6 is 11.6 Å². The van der Waals surface area contributed by atoms with Gasteiger partial charge in [0.05, 0.1) is 6.54 Å². The lowest BCUT2D eigenvalue weighted by molar-refractivity contribution is -0.164. The van der Waals surface area contributed by atoms with Crippen LogP contribution in [0.4, 0.5) is 0 Å². The minimum Gasteiger partial charge on any atom is -0.458 e. The monoisotopic (exact) mass is 1280 g/mol. The molecule has 0 aliphatic carbocycles. The van der Waals surface area contributed by atoms with Gasteiger partial charge in [0.2, 0.25) is 65.0 Å². The molecule has 0 aromatic heterocycles. The molecule has 1 saturated heterocycles. The van der Waals surface area contributed by atoms with E-state index in [9.17, 15) is 38.4 Å². The molecule has 0 aromatic carbocycles. The summed E-state index contributed by atoms with van der Waals surface area (Å²) in [5.74, 6) is -11.7. The van der Waals surface area contributed by atoms with Crippen LogP contribution < -0.4 is 21.3 Å². The predicted molar refractivity (Wildman–Crippen MR) is 343 cm³/mol. The van der Waals surface area contributed by atoms with E-state index in [-0.39, 0.29) is 62.2 Å². The fourth-order valence-electron chi connectivity index (χ4n) is 11.0. The molecule has 25 heteroatoms. The number of carbonyl (C=O) groups excluding carboxylic acids is 12. The van der Waals surface area contributed by atoms with Crippen molar-refractivity contribution in [2.24, 2.45) is 41.4 Å². The van der Waals surface area contributed by atoms with Gasteiger partial charge >= 0.3 is 5.97 Å². The summed E-state index contributed by atoms with van der Waals surface area (Å²) in [6, 6.07) is -12.7. The summed E-state index contributed by atoms with van der Waals surface area (Å²) in [7, 11) is 9.82. The van der Waals surface area contributed by atoms with E-state index in [4.69, 9.17) is 16.3 Å². The highest BCUT2D eigenvalue weighted by Crippen LogP contribution is 2.27. The second-order valence-corrected chi connectivity index (χ2v) is 27.0. The Labute approximate surface area is 536 Å². The van der Waals surface area contributed by atoms with Crippen molar-refractivity contribution in [2.45, 2.75) is 223 Å². The Bertz CT molecular complexity index is 2470. The van der Waals surface area contributed by atoms with Crippen molar-refractivity contribution in [1.82, 2.24) is 55.6 Å². The van der Waals surface area contributed by atoms with Gasteiger partial charge < -0.3 is 60.3 Å². The molecule has 1 rings (SSSR count). The van der Waals surface area contributed by atoms with Gasteiger partial charge in [0, 0.05) is 49.3 Å². The standard InChI is InChI=1S/C64H112ClN11O13/c1-25-27-28-41(15)54(89-50(78)33-65)53-58(82)68-44(26-2)60(84)70(18)34-49(77)71(19)45(29-35(3)4)57(81)69-51(39(11)12)63(87)72(20)46(30-36(5)6)56(80)66-42(16)55(79)67-43(17)59(83)73(21)47(31-37(7)8)61(85)74(22)48(32-38(9)10)62(86)75(23)52(40(13)14)64(88)76(53)24/h25,27,35-48,51-54H,26,28-34H2,1-24H3,(H,66,80)(H,67,79)(H,68,82)(H,69,81)/t41-,42+,43-,44+,45+,46+,47+,48+,51+,52+,53+,54-/m1/s1. The Hall–Kier alpha value is -6.33. The first-order chi connectivity index (χ1) is 41.1. The second-order valence-electron chi connectivity index (χ2n) is 26.7. The summed E-state index contributed by atoms with van der Waals surface area (Å²) in [5, 5.41) is 11.0. The lowest BCUT2D eigenvalue weighted by Gasteiger charge is -2.42. The normalized spacial score (nSPS) is 26.1. The van der Waals surface area contributed by atoms with Gasteiger partial charge in [-0.1, -0.05) is 109 Å². The predicted octanol–water partition coefficient (Wildman–Crippen LogP) is 4.06. The Kier molecular flexibility index (Phi) is 33.6. The summed E-state index contributed by atoms with van der Waals surface area (Å²) in [6.07, 6.45) is 2.93. The molecule has 0 radical (unpaired) electrons. The average Bonchev–Trinajstić information content (AvgIpc) is 2.57. The third kappa shape index (κ3) is 23.1. The van der Waals surface area contributed by atoms with Crippen LogP contribution in [0.15, 0.2) is 12.2 Å². The van der Waals surface area contributed by atoms with Crippen LogP contribution in [0, 0.1) is 41.4 Å². The third-order valence-corrected chi connectivity index (χ3v) is 16.6. The van der Waals surface area contributed by atoms with Crippen LogP contribution in [0.5, 0.6) is 0 Å². The van der Waals surface area contributed by atoms with Crippen LogP contribution in [0.2, 0.25) is 0 Å². The van der Waals surface area contributed by atoms with E-state index < -0.39 is 168 Å². The quantitative estimate of drug-likeness (QED) is 0.0910. The number of hydrogen-bond acceptors (Lipinski definition) is 13. The number of nitrogens with one attached hydrogen (secondary N) is 4. The minimum atomic E-state index is -1.66. The smallest absolute Gasteiger partial charge is 0.321 e. The van der Waals surface area contributed by atoms with Crippen molar-refractivity contribution in [3.05, 3.63) is 12.2 Å². The van der Waals surface area contributed by atoms with Gasteiger partial charge in [-0.15, -0.1) is 11.6 Å². The van der Waals surface area contributed by atoms with E-state index >= 15 is 19.2 Å². The van der Waals surface area contributed by atoms with Crippen molar-refractivity contribution in [1.29, 1.82) is 0 Å². The van der Waals surface area contributed by atoms with Gasteiger partial charge in [-0.25, -0.2) is 0 Å². The highest BCUT2D eigenvalue weighted by molar-refractivity contribution is 6.26. The number of amides is 11. The Morgan fingerprint density at radius 1 is 0.506 bits per heavy atom. The van der Waals surface area contributed by atoms with Crippen molar-refractivity contribution in [2.75, 3.05) is 61.8 Å². The van der Waals surface area contributed by atoms with E-state index in [0.717, 1.165) is 9.80 Å². The molecule has 1 heterocycles. The van der Waals surface area contributed by atoms with Crippen LogP contribution in [-0.4, -0.2) is 234 Å². The SMILES string of the molecule is CC=CC[C@@H](C)[C@@H](OC(=O)CCl)[C@H]1C(=O)N[C@@H](CC)C(=O)N(C)CC(=O)N(C)[C@@H](CC(C)C)C(=O)N[C@@H](C(C)C)C(=O)N(C)[C@@H](CC(C)C)C(=O)N[C@@H](C)C(=O)N[C@H](C)C(=O)N(C)[C@@H](CC(C)C)C(=O)N(C)[C@@H](CC(C)C)C(=O)N(C)[C@@H](C(C)C)C(=O)N1C. The van der Waals surface area contributed by atoms with Crippen LogP contribution in [0.3, 0.4) is 0 Å². The maximum atomic E-state index is 15.4. The molecule has 12 atom stereocenters. The van der Waals surface area contributed by atoms with Gasteiger partial charge in [-0.3, -0.25) is 57.5 Å². The summed E-state index contributed by atoms with van der Waals surface area (Å²) < 4.78 is 5.95. The van der Waals surface area contributed by atoms with Crippen LogP contribution in [0.25, 0.3) is 0 Å². The van der Waals surface area contributed by atoms with Crippen LogP contribution in [-0.2, 0) is 62.3 Å². The van der Waals surface area contributed by atoms with Crippen LogP contribution in [0.1, 0.15) is 156 Å². The van der Waals surface area contributed by atoms with Crippen molar-refractivity contribution in [3.8, 4) is 0 Å². The molecule has 11 amide bonds. The van der Waals surface area contributed by atoms with E-state index in [1.165, 1.54) is 87.7 Å². The molecule has 1 aliphatic heterocycles. The fourth-order valence-corrected chi connectivity index (χ4v) is 11.1. The second kappa shape index (κ2) is 37.1. The summed E-state index contributed by atoms with van der Waals surface area (Å²) in [6.45, 7) is 29.1. The topological polar surface area (TPSA) is 285 Å². The maximum Gasteiger partial charge on any atom is 0.321 e. The average molecular weight is 1280 g/mol. The Balaban J connectivity index is 4.46. The number of nitrogens with zero attached hydrogens (tertiary/aromatic N) is 7. The Morgan fingerprint density at radius 2 is 0.933 bits per heavy atom. The van der Waals surface area contributed by atoms with Crippen molar-refractivity contribution in [3.63, 3.8) is 0 Å². The number of esters is 1. The molecule has 1 aliphatic rings. The van der Waals surface area contributed by atoms with E-state index in [2.05, 4.69) is 21.3 Å². The molecular formula is C64H112ClN11O13. The first-order valence-electron chi connectivity index (χ1n) is 31.6. The molecule has 0 aromatic rings. The van der Waals surface area contributed by atoms with Gasteiger partial charge in [-0.2, -0.15) is 0 Å². The van der Waals surface area contributed by atoms with E-state index in [1.54, 1.807) is 60.6 Å². The maximum absolute atomic E-state index is 15.4. The molecule has 1 fully saturated rings. The number of carbonyl (C=O) groups is 12. The van der Waals surface area contributed by atoms with Gasteiger partial charge in [-0.05, 0) is 101 Å². The number of halogens is 1. The molecule has 0 spiro atoms. The first-order valence-corrected chi connectivity index (χ1v) is 32.1. The lowest BCUT2D eigenvalue weighted by Crippen LogP contribution is -2.64. The first kappa shape index (κ1) is 80.7. The third-order valence-electron chi connectivity index (χ3n) is 16.4. The molecule has 508 valence electrons. The zero-order valence-electron chi connectivity index (χ0n) is 58.0. The summed E-state index contributed by atoms with van der Waals surface area (Å²) in [4.78, 5) is 183. The fraction of sp³-hybridized carbons (Fsp3) is 0.781. The molecule has 4 N–H and O–H groups in total. The van der Waals surface area contributed by atoms with E-state index in [1.807, 2.05) is 55.4 Å². The number of allylic oxidation sites excluding steroid dienone is 2. The molecular weight excluding hydrogens is 1170 g/mol. The van der Waals surface area contributed by atoms with Crippen molar-refractivity contribution < 1.29 is 62.3 Å². The molecule has 24 nitrogen and oxygen atoms in total. The molecule has 89 heavy (non-hydrogen) atoms. The highest BCUT2D eigenvalue weighted by Gasteiger charge is 2.47. The van der Waals surface area contributed by atoms with E-state index in [0.29, 0.717) is 0 Å². The Morgan fingerprint density at radius 3 is 1.38 bits per heavy atom. The minimum absolute atomic E-state index is 0.0227. The largest absolute Gasteiger partial charge is 0.458 e. The molecule has 0 unspecified atom stereocenters. The highest BCUT2D eigenvalue weighted by atomic mass is 35.5. The zero-order chi connectivity index (χ0) is 69.0. The van der Waals surface area contributed by atoms with Crippen molar-refractivity contribution >= 4 is 82.5 Å². The molecule has 0 bridgehead atoms.